The van der Waals surface area contributed by atoms with Gasteiger partial charge >= 0.3 is 6.03 Å². The molecule has 1 fully saturated rings. The molecule has 0 bridgehead atoms. The average Bonchev–Trinajstić information content (AvgIpc) is 2.90. The Hall–Kier alpha value is -2.28. The number of ether oxygens (including phenoxy) is 2. The lowest BCUT2D eigenvalue weighted by atomic mass is 9.99. The minimum absolute atomic E-state index is 0.0955. The van der Waals surface area contributed by atoms with Gasteiger partial charge in [-0.25, -0.2) is 9.69 Å². The van der Waals surface area contributed by atoms with Crippen LogP contribution in [0.3, 0.4) is 0 Å². The van der Waals surface area contributed by atoms with Crippen molar-refractivity contribution < 1.29 is 24.0 Å². The summed E-state index contributed by atoms with van der Waals surface area (Å²) in [5.41, 5.74) is 2.45. The van der Waals surface area contributed by atoms with Gasteiger partial charge in [-0.05, 0) is 38.0 Å². The van der Waals surface area contributed by atoms with Crippen molar-refractivity contribution >= 4 is 11.9 Å². The van der Waals surface area contributed by atoms with E-state index >= 15 is 0 Å². The van der Waals surface area contributed by atoms with Crippen molar-refractivity contribution in [1.82, 2.24) is 10.2 Å². The van der Waals surface area contributed by atoms with Crippen molar-refractivity contribution in [3.63, 3.8) is 0 Å². The van der Waals surface area contributed by atoms with Gasteiger partial charge in [0.1, 0.15) is 12.6 Å². The van der Waals surface area contributed by atoms with E-state index in [0.717, 1.165) is 37.4 Å². The smallest absolute Gasteiger partial charge is 0.329 e. The molecule has 0 aromatic heterocycles. The van der Waals surface area contributed by atoms with E-state index in [-0.39, 0.29) is 18.0 Å². The summed E-state index contributed by atoms with van der Waals surface area (Å²) >= 11 is 0. The maximum absolute atomic E-state index is 12.5. The number of hydrogen-bond donors (Lipinski definition) is 2. The van der Waals surface area contributed by atoms with E-state index in [9.17, 15) is 9.59 Å². The van der Waals surface area contributed by atoms with Crippen LogP contribution in [0.2, 0.25) is 0 Å². The summed E-state index contributed by atoms with van der Waals surface area (Å²) in [4.78, 5) is 27.2. The van der Waals surface area contributed by atoms with E-state index < -0.39 is 0 Å². The number of nitrogens with zero attached hydrogens (tertiary/aromatic N) is 1. The quantitative estimate of drug-likeness (QED) is 0.667. The molecular formula is C20H30N3O4+. The Morgan fingerprint density at radius 1 is 1.11 bits per heavy atom. The number of imide groups is 1. The molecule has 1 unspecified atom stereocenters. The fourth-order valence-electron chi connectivity index (χ4n) is 3.82. The molecule has 1 aromatic carbocycles. The lowest BCUT2D eigenvalue weighted by Gasteiger charge is -2.29. The van der Waals surface area contributed by atoms with Crippen LogP contribution in [-0.2, 0) is 17.8 Å². The number of fused-ring (bicyclic) bond motifs is 1. The van der Waals surface area contributed by atoms with Gasteiger partial charge in [0.25, 0.3) is 5.91 Å². The van der Waals surface area contributed by atoms with Crippen LogP contribution in [0, 0.1) is 0 Å². The molecule has 0 radical (unpaired) electrons. The molecule has 7 nitrogen and oxygen atoms in total. The van der Waals surface area contributed by atoms with Crippen LogP contribution in [0.5, 0.6) is 11.5 Å². The van der Waals surface area contributed by atoms with E-state index in [2.05, 4.69) is 17.4 Å². The molecule has 148 valence electrons. The molecule has 0 aliphatic carbocycles. The number of urea groups is 1. The molecule has 3 rings (SSSR count). The Morgan fingerprint density at radius 2 is 1.78 bits per heavy atom. The zero-order valence-corrected chi connectivity index (χ0v) is 16.5. The fraction of sp³-hybridized carbons (Fsp3) is 0.600. The number of amides is 3. The number of rotatable bonds is 8. The molecule has 2 N–H and O–H groups in total. The Bertz CT molecular complexity index is 707. The highest BCUT2D eigenvalue weighted by Gasteiger charge is 2.39. The van der Waals surface area contributed by atoms with E-state index in [1.54, 1.807) is 0 Å². The predicted molar refractivity (Wildman–Crippen MR) is 101 cm³/mol. The summed E-state index contributed by atoms with van der Waals surface area (Å²) in [6.45, 7) is 9.16. The van der Waals surface area contributed by atoms with Crippen molar-refractivity contribution in [2.75, 3.05) is 26.4 Å². The van der Waals surface area contributed by atoms with Crippen molar-refractivity contribution in [3.05, 3.63) is 23.3 Å². The minimum atomic E-state index is -0.364. The molecule has 2 atom stereocenters. The van der Waals surface area contributed by atoms with Gasteiger partial charge in [0, 0.05) is 12.0 Å². The first-order valence-corrected chi connectivity index (χ1v) is 9.94. The highest BCUT2D eigenvalue weighted by Crippen LogP contribution is 2.32. The number of nitrogens with one attached hydrogen (secondary N) is 2. The monoisotopic (exact) mass is 376 g/mol. The lowest BCUT2D eigenvalue weighted by Crippen LogP contribution is -3.13. The SMILES string of the molecule is CCC[C@@H]1NC(=O)N(C[NH+]2CCc3cc(OCC)c(OCC)cc3C2)C1=O. The molecule has 3 amide bonds. The molecule has 27 heavy (non-hydrogen) atoms. The summed E-state index contributed by atoms with van der Waals surface area (Å²) in [5, 5.41) is 2.80. The normalized spacial score (nSPS) is 21.8. The van der Waals surface area contributed by atoms with Crippen LogP contribution in [0.25, 0.3) is 0 Å². The molecule has 0 spiro atoms. The van der Waals surface area contributed by atoms with Gasteiger partial charge in [-0.1, -0.05) is 13.3 Å². The van der Waals surface area contributed by atoms with Crippen LogP contribution in [-0.4, -0.2) is 49.3 Å². The molecule has 2 aliphatic rings. The van der Waals surface area contributed by atoms with E-state index in [1.165, 1.54) is 20.9 Å². The second kappa shape index (κ2) is 8.61. The minimum Gasteiger partial charge on any atom is -0.490 e. The second-order valence-electron chi connectivity index (χ2n) is 7.08. The summed E-state index contributed by atoms with van der Waals surface area (Å²) < 4.78 is 11.5. The van der Waals surface area contributed by atoms with E-state index in [0.29, 0.717) is 26.3 Å². The predicted octanol–water partition coefficient (Wildman–Crippen LogP) is 1.10. The third-order valence-corrected chi connectivity index (χ3v) is 5.12. The Morgan fingerprint density at radius 3 is 2.41 bits per heavy atom. The average molecular weight is 376 g/mol. The first kappa shape index (κ1) is 19.5. The standard InChI is InChI=1S/C20H29N3O4/c1-4-7-16-19(24)23(20(25)21-16)13-22-9-8-14-10-17(26-5-2)18(27-6-3)11-15(14)12-22/h10-11,16H,4-9,12-13H2,1-3H3,(H,21,25)/p+1/t16-/m0/s1. The number of benzene rings is 1. The number of carbonyl (C=O) groups is 2. The van der Waals surface area contributed by atoms with Gasteiger partial charge < -0.3 is 19.7 Å². The summed E-state index contributed by atoms with van der Waals surface area (Å²) in [6, 6.07) is 3.50. The Balaban J connectivity index is 1.71. The topological polar surface area (TPSA) is 72.3 Å². The first-order chi connectivity index (χ1) is 13.1. The molecule has 0 saturated carbocycles. The highest BCUT2D eigenvalue weighted by molar-refractivity contribution is 6.03. The van der Waals surface area contributed by atoms with Gasteiger partial charge in [0.05, 0.1) is 19.8 Å². The number of hydrogen-bond acceptors (Lipinski definition) is 4. The van der Waals surface area contributed by atoms with Crippen LogP contribution in [0.1, 0.15) is 44.7 Å². The van der Waals surface area contributed by atoms with Crippen LogP contribution < -0.4 is 19.7 Å². The second-order valence-corrected chi connectivity index (χ2v) is 7.08. The molecule has 2 heterocycles. The van der Waals surface area contributed by atoms with Crippen LogP contribution in [0.4, 0.5) is 4.79 Å². The van der Waals surface area contributed by atoms with Crippen molar-refractivity contribution in [2.24, 2.45) is 0 Å². The van der Waals surface area contributed by atoms with Crippen molar-refractivity contribution in [3.8, 4) is 11.5 Å². The lowest BCUT2D eigenvalue weighted by molar-refractivity contribution is -0.923. The molecule has 7 heteroatoms. The van der Waals surface area contributed by atoms with Crippen molar-refractivity contribution in [1.29, 1.82) is 0 Å². The third kappa shape index (κ3) is 4.18. The first-order valence-electron chi connectivity index (χ1n) is 9.94. The van der Waals surface area contributed by atoms with Gasteiger partial charge in [-0.15, -0.1) is 0 Å². The van der Waals surface area contributed by atoms with E-state index in [1.807, 2.05) is 20.8 Å². The Kier molecular flexibility index (Phi) is 6.21. The zero-order chi connectivity index (χ0) is 19.4. The molecule has 1 saturated heterocycles. The highest BCUT2D eigenvalue weighted by atomic mass is 16.5. The van der Waals surface area contributed by atoms with E-state index in [4.69, 9.17) is 9.47 Å². The van der Waals surface area contributed by atoms with Crippen LogP contribution >= 0.6 is 0 Å². The molecule has 2 aliphatic heterocycles. The van der Waals surface area contributed by atoms with Gasteiger partial charge in [0.2, 0.25) is 0 Å². The van der Waals surface area contributed by atoms with Gasteiger partial charge in [-0.3, -0.25) is 4.79 Å². The third-order valence-electron chi connectivity index (χ3n) is 5.12. The largest absolute Gasteiger partial charge is 0.490 e. The number of carbonyl (C=O) groups excluding carboxylic acids is 2. The summed E-state index contributed by atoms with van der Waals surface area (Å²) in [7, 11) is 0. The maximum Gasteiger partial charge on any atom is 0.329 e. The Labute approximate surface area is 160 Å². The van der Waals surface area contributed by atoms with Crippen LogP contribution in [0.15, 0.2) is 12.1 Å². The van der Waals surface area contributed by atoms with Gasteiger partial charge in [0.15, 0.2) is 18.2 Å². The summed E-state index contributed by atoms with van der Waals surface area (Å²) in [6.07, 6.45) is 2.45. The molecule has 1 aromatic rings. The molecular weight excluding hydrogens is 346 g/mol. The summed E-state index contributed by atoms with van der Waals surface area (Å²) in [5.74, 6) is 1.46. The van der Waals surface area contributed by atoms with Gasteiger partial charge in [-0.2, -0.15) is 0 Å². The number of quaternary nitrogens is 1. The fourth-order valence-corrected chi connectivity index (χ4v) is 3.82. The zero-order valence-electron chi connectivity index (χ0n) is 16.5. The maximum atomic E-state index is 12.5. The van der Waals surface area contributed by atoms with Crippen molar-refractivity contribution in [2.45, 2.75) is 52.6 Å².